The van der Waals surface area contributed by atoms with Gasteiger partial charge >= 0.3 is 0 Å². The molecular weight excluding hydrogens is 188 g/mol. The van der Waals surface area contributed by atoms with Gasteiger partial charge in [-0.05, 0) is 49.7 Å². The van der Waals surface area contributed by atoms with Gasteiger partial charge in [-0.2, -0.15) is 0 Å². The summed E-state index contributed by atoms with van der Waals surface area (Å²) in [5.41, 5.74) is 1.49. The van der Waals surface area contributed by atoms with Gasteiger partial charge in [-0.3, -0.25) is 0 Å². The Morgan fingerprint density at radius 1 is 1.27 bits per heavy atom. The Balaban J connectivity index is 2.36. The number of hydrogen-bond donors (Lipinski definition) is 0. The first kappa shape index (κ1) is 12.2. The second-order valence-electron chi connectivity index (χ2n) is 4.06. The molecular formula is C13H22O2. The summed E-state index contributed by atoms with van der Waals surface area (Å²) in [6.45, 7) is 0. The van der Waals surface area contributed by atoms with Crippen LogP contribution in [-0.4, -0.2) is 14.2 Å². The van der Waals surface area contributed by atoms with Crippen LogP contribution >= 0.6 is 0 Å². The van der Waals surface area contributed by atoms with Crippen molar-refractivity contribution in [2.45, 2.75) is 38.5 Å². The highest BCUT2D eigenvalue weighted by atomic mass is 16.5. The first-order valence-electron chi connectivity index (χ1n) is 5.78. The first-order valence-corrected chi connectivity index (χ1v) is 5.78. The molecule has 1 saturated carbocycles. The van der Waals surface area contributed by atoms with Gasteiger partial charge in [0.2, 0.25) is 0 Å². The fraction of sp³-hybridized carbons (Fsp3) is 0.692. The van der Waals surface area contributed by atoms with E-state index >= 15 is 0 Å². The van der Waals surface area contributed by atoms with E-state index in [0.29, 0.717) is 0 Å². The first-order chi connectivity index (χ1) is 7.38. The molecule has 2 heteroatoms. The molecule has 86 valence electrons. The summed E-state index contributed by atoms with van der Waals surface area (Å²) in [7, 11) is 3.43. The Morgan fingerprint density at radius 3 is 2.87 bits per heavy atom. The molecule has 0 saturated heterocycles. The molecule has 1 atom stereocenters. The fourth-order valence-corrected chi connectivity index (χ4v) is 2.21. The number of rotatable bonds is 5. The van der Waals surface area contributed by atoms with Crippen molar-refractivity contribution < 1.29 is 9.47 Å². The summed E-state index contributed by atoms with van der Waals surface area (Å²) in [6, 6.07) is 0. The predicted octanol–water partition coefficient (Wildman–Crippen LogP) is 3.65. The summed E-state index contributed by atoms with van der Waals surface area (Å²) >= 11 is 0. The smallest absolute Gasteiger partial charge is 0.0819 e. The Hall–Kier alpha value is -0.920. The van der Waals surface area contributed by atoms with Crippen LogP contribution in [-0.2, 0) is 9.47 Å². The van der Waals surface area contributed by atoms with E-state index in [0.717, 1.165) is 12.3 Å². The molecule has 0 spiro atoms. The standard InChI is InChI=1S/C13H22O2/c1-14-10-6-5-8-12-7-3-4-9-13(12)11-15-2/h6,10-12H,3-5,7-9H2,1-2H3. The highest BCUT2D eigenvalue weighted by Crippen LogP contribution is 2.32. The van der Waals surface area contributed by atoms with Crippen LogP contribution in [0.5, 0.6) is 0 Å². The minimum Gasteiger partial charge on any atom is -0.505 e. The lowest BCUT2D eigenvalue weighted by molar-refractivity contribution is 0.314. The molecule has 1 aliphatic carbocycles. The second kappa shape index (κ2) is 7.38. The van der Waals surface area contributed by atoms with Gasteiger partial charge in [-0.15, -0.1) is 0 Å². The van der Waals surface area contributed by atoms with Gasteiger partial charge in [0.05, 0.1) is 26.7 Å². The van der Waals surface area contributed by atoms with Crippen molar-refractivity contribution in [2.24, 2.45) is 5.92 Å². The molecule has 0 aromatic rings. The van der Waals surface area contributed by atoms with Crippen LogP contribution in [0.25, 0.3) is 0 Å². The highest BCUT2D eigenvalue weighted by molar-refractivity contribution is 5.06. The van der Waals surface area contributed by atoms with E-state index in [1.165, 1.54) is 37.7 Å². The van der Waals surface area contributed by atoms with Crippen molar-refractivity contribution in [3.05, 3.63) is 24.2 Å². The average molecular weight is 210 g/mol. The molecule has 0 heterocycles. The van der Waals surface area contributed by atoms with E-state index < -0.39 is 0 Å². The third kappa shape index (κ3) is 4.41. The maximum absolute atomic E-state index is 5.13. The molecule has 1 rings (SSSR count). The monoisotopic (exact) mass is 210 g/mol. The van der Waals surface area contributed by atoms with Gasteiger partial charge in [-0.1, -0.05) is 6.42 Å². The normalized spacial score (nSPS) is 24.7. The van der Waals surface area contributed by atoms with Gasteiger partial charge in [0, 0.05) is 0 Å². The lowest BCUT2D eigenvalue weighted by Crippen LogP contribution is -2.10. The average Bonchev–Trinajstić information content (AvgIpc) is 2.27. The zero-order valence-corrected chi connectivity index (χ0v) is 9.87. The Bertz CT molecular complexity index is 219. The molecule has 15 heavy (non-hydrogen) atoms. The van der Waals surface area contributed by atoms with Crippen molar-refractivity contribution in [3.8, 4) is 0 Å². The van der Waals surface area contributed by atoms with Crippen LogP contribution in [0.2, 0.25) is 0 Å². The Kier molecular flexibility index (Phi) is 5.98. The van der Waals surface area contributed by atoms with E-state index in [1.54, 1.807) is 20.5 Å². The van der Waals surface area contributed by atoms with E-state index in [9.17, 15) is 0 Å². The van der Waals surface area contributed by atoms with E-state index in [-0.39, 0.29) is 0 Å². The van der Waals surface area contributed by atoms with Crippen LogP contribution in [0.4, 0.5) is 0 Å². The van der Waals surface area contributed by atoms with Crippen LogP contribution in [0.1, 0.15) is 38.5 Å². The van der Waals surface area contributed by atoms with Crippen molar-refractivity contribution in [1.82, 2.24) is 0 Å². The molecule has 1 unspecified atom stereocenters. The number of allylic oxidation sites excluding steroid dienone is 2. The molecule has 0 N–H and O–H groups in total. The van der Waals surface area contributed by atoms with Crippen LogP contribution in [0, 0.1) is 5.92 Å². The summed E-state index contributed by atoms with van der Waals surface area (Å²) in [5.74, 6) is 0.722. The predicted molar refractivity (Wildman–Crippen MR) is 62.4 cm³/mol. The zero-order valence-electron chi connectivity index (χ0n) is 9.87. The SMILES string of the molecule is COC=CCCC1CCCCC1=COC. The Labute approximate surface area is 93.0 Å². The van der Waals surface area contributed by atoms with Crippen molar-refractivity contribution in [1.29, 1.82) is 0 Å². The third-order valence-corrected chi connectivity index (χ3v) is 2.98. The molecule has 0 aromatic heterocycles. The van der Waals surface area contributed by atoms with Crippen LogP contribution in [0.15, 0.2) is 24.2 Å². The van der Waals surface area contributed by atoms with Crippen molar-refractivity contribution in [3.63, 3.8) is 0 Å². The van der Waals surface area contributed by atoms with Gasteiger partial charge in [0.25, 0.3) is 0 Å². The second-order valence-corrected chi connectivity index (χ2v) is 4.06. The molecule has 0 aromatic carbocycles. The van der Waals surface area contributed by atoms with E-state index in [1.807, 2.05) is 6.26 Å². The summed E-state index contributed by atoms with van der Waals surface area (Å²) < 4.78 is 10.0. The van der Waals surface area contributed by atoms with Crippen molar-refractivity contribution >= 4 is 0 Å². The minimum absolute atomic E-state index is 0.722. The van der Waals surface area contributed by atoms with Gasteiger partial charge < -0.3 is 9.47 Å². The summed E-state index contributed by atoms with van der Waals surface area (Å²) in [4.78, 5) is 0. The fourth-order valence-electron chi connectivity index (χ4n) is 2.21. The van der Waals surface area contributed by atoms with Gasteiger partial charge in [0.1, 0.15) is 0 Å². The molecule has 0 aliphatic heterocycles. The zero-order chi connectivity index (χ0) is 10.9. The number of ether oxygens (including phenoxy) is 2. The summed E-state index contributed by atoms with van der Waals surface area (Å²) in [6.07, 6.45) is 13.3. The van der Waals surface area contributed by atoms with E-state index in [4.69, 9.17) is 9.47 Å². The largest absolute Gasteiger partial charge is 0.505 e. The van der Waals surface area contributed by atoms with E-state index in [2.05, 4.69) is 6.08 Å². The van der Waals surface area contributed by atoms with Crippen molar-refractivity contribution in [2.75, 3.05) is 14.2 Å². The quantitative estimate of drug-likeness (QED) is 0.645. The van der Waals surface area contributed by atoms with Gasteiger partial charge in [-0.25, -0.2) is 0 Å². The Morgan fingerprint density at radius 2 is 2.13 bits per heavy atom. The maximum atomic E-state index is 5.13. The minimum atomic E-state index is 0.722. The molecule has 0 radical (unpaired) electrons. The molecule has 0 amide bonds. The molecule has 0 bridgehead atoms. The highest BCUT2D eigenvalue weighted by Gasteiger charge is 2.18. The molecule has 1 aliphatic rings. The van der Waals surface area contributed by atoms with Crippen LogP contribution in [0.3, 0.4) is 0 Å². The van der Waals surface area contributed by atoms with Crippen LogP contribution < -0.4 is 0 Å². The number of hydrogen-bond acceptors (Lipinski definition) is 2. The topological polar surface area (TPSA) is 18.5 Å². The summed E-state index contributed by atoms with van der Waals surface area (Å²) in [5, 5.41) is 0. The lowest BCUT2D eigenvalue weighted by Gasteiger charge is -2.24. The molecule has 1 fully saturated rings. The van der Waals surface area contributed by atoms with Gasteiger partial charge in [0.15, 0.2) is 0 Å². The maximum Gasteiger partial charge on any atom is 0.0819 e. The third-order valence-electron chi connectivity index (χ3n) is 2.98. The number of methoxy groups -OCH3 is 2. The lowest BCUT2D eigenvalue weighted by atomic mass is 9.82. The molecule has 2 nitrogen and oxygen atoms in total.